The molecule has 0 radical (unpaired) electrons. The van der Waals surface area contributed by atoms with Crippen LogP contribution in [-0.2, 0) is 0 Å². The first-order valence-electron chi connectivity index (χ1n) is 7.89. The van der Waals surface area contributed by atoms with E-state index in [0.29, 0.717) is 16.1 Å². The third-order valence-corrected chi connectivity index (χ3v) is 4.43. The van der Waals surface area contributed by atoms with E-state index >= 15 is 0 Å². The number of benzene rings is 2. The molecule has 0 saturated carbocycles. The van der Waals surface area contributed by atoms with Crippen LogP contribution in [0.25, 0.3) is 11.1 Å². The molecule has 3 aromatic rings. The molecule has 0 aliphatic rings. The fraction of sp³-hybridized carbons (Fsp3) is 0.150. The Morgan fingerprint density at radius 1 is 1.12 bits per heavy atom. The first kappa shape index (κ1) is 17.4. The highest BCUT2D eigenvalue weighted by Gasteiger charge is 2.17. The lowest BCUT2D eigenvalue weighted by Crippen LogP contribution is -2.27. The van der Waals surface area contributed by atoms with Crippen LogP contribution in [0.15, 0.2) is 67.0 Å². The second-order valence-corrected chi connectivity index (χ2v) is 6.21. The Labute approximate surface area is 151 Å². The van der Waals surface area contributed by atoms with Gasteiger partial charge in [0.2, 0.25) is 0 Å². The molecule has 3 rings (SSSR count). The van der Waals surface area contributed by atoms with Crippen LogP contribution in [0.5, 0.6) is 0 Å². The van der Waals surface area contributed by atoms with Gasteiger partial charge in [-0.1, -0.05) is 41.9 Å². The van der Waals surface area contributed by atoms with E-state index in [1.165, 1.54) is 12.1 Å². The number of rotatable bonds is 5. The fourth-order valence-corrected chi connectivity index (χ4v) is 2.97. The van der Waals surface area contributed by atoms with Crippen molar-refractivity contribution in [3.8, 4) is 11.1 Å². The third-order valence-electron chi connectivity index (χ3n) is 4.20. The molecule has 25 heavy (non-hydrogen) atoms. The van der Waals surface area contributed by atoms with Gasteiger partial charge in [0.1, 0.15) is 5.82 Å². The van der Waals surface area contributed by atoms with Gasteiger partial charge < -0.3 is 10.0 Å². The molecule has 0 bridgehead atoms. The maximum Gasteiger partial charge on any atom is 0.131 e. The van der Waals surface area contributed by atoms with Crippen LogP contribution in [-0.4, -0.2) is 23.7 Å². The number of nitrogens with zero attached hydrogens (tertiary/aromatic N) is 2. The third kappa shape index (κ3) is 3.81. The summed E-state index contributed by atoms with van der Waals surface area (Å²) < 4.78 is 14.1. The van der Waals surface area contributed by atoms with Gasteiger partial charge in [-0.25, -0.2) is 4.39 Å². The summed E-state index contributed by atoms with van der Waals surface area (Å²) in [5.74, 6) is -0.354. The van der Waals surface area contributed by atoms with E-state index in [1.54, 1.807) is 18.5 Å². The molecule has 1 heterocycles. The van der Waals surface area contributed by atoms with Crippen molar-refractivity contribution in [2.24, 2.45) is 0 Å². The number of hydrogen-bond acceptors (Lipinski definition) is 3. The molecule has 1 atom stereocenters. The lowest BCUT2D eigenvalue weighted by molar-refractivity contribution is 0.264. The largest absolute Gasteiger partial charge is 0.394 e. The van der Waals surface area contributed by atoms with Gasteiger partial charge >= 0.3 is 0 Å². The Hall–Kier alpha value is -2.43. The number of likely N-dealkylation sites (N-methyl/N-ethyl adjacent to an activating group) is 1. The number of aliphatic hydroxyl groups excluding tert-OH is 1. The van der Waals surface area contributed by atoms with Crippen LogP contribution in [0.1, 0.15) is 11.6 Å². The van der Waals surface area contributed by atoms with Crippen LogP contribution >= 0.6 is 11.6 Å². The number of halogens is 2. The Morgan fingerprint density at radius 3 is 2.60 bits per heavy atom. The van der Waals surface area contributed by atoms with Gasteiger partial charge in [0.05, 0.1) is 24.5 Å². The predicted octanol–water partition coefficient (Wildman–Crippen LogP) is 4.71. The van der Waals surface area contributed by atoms with Gasteiger partial charge in [-0.15, -0.1) is 0 Å². The van der Waals surface area contributed by atoms with Crippen molar-refractivity contribution in [3.05, 3.63) is 83.4 Å². The molecule has 1 aromatic heterocycles. The minimum Gasteiger partial charge on any atom is -0.394 e. The molecular formula is C20H18ClFN2O. The summed E-state index contributed by atoms with van der Waals surface area (Å²) in [6.45, 7) is -0.0454. The molecule has 128 valence electrons. The van der Waals surface area contributed by atoms with Crippen molar-refractivity contribution in [3.63, 3.8) is 0 Å². The summed E-state index contributed by atoms with van der Waals surface area (Å²) in [7, 11) is 1.88. The zero-order valence-corrected chi connectivity index (χ0v) is 14.5. The summed E-state index contributed by atoms with van der Waals surface area (Å²) >= 11 is 5.99. The van der Waals surface area contributed by atoms with Crippen molar-refractivity contribution in [2.45, 2.75) is 6.04 Å². The van der Waals surface area contributed by atoms with E-state index in [-0.39, 0.29) is 18.5 Å². The Kier molecular flexibility index (Phi) is 5.31. The molecule has 0 unspecified atom stereocenters. The van der Waals surface area contributed by atoms with E-state index in [9.17, 15) is 9.50 Å². The number of aliphatic hydroxyl groups is 1. The first-order valence-corrected chi connectivity index (χ1v) is 8.27. The van der Waals surface area contributed by atoms with Crippen LogP contribution in [0.3, 0.4) is 0 Å². The average Bonchev–Trinajstić information content (AvgIpc) is 2.65. The van der Waals surface area contributed by atoms with Gasteiger partial charge in [-0.3, -0.25) is 4.98 Å². The average molecular weight is 357 g/mol. The molecule has 0 fully saturated rings. The minimum absolute atomic E-state index is 0.0454. The standard InChI is InChI=1S/C20H18ClFN2O/c1-24(20(13-25)14-5-3-2-4-6-14)17-9-15(11-23-12-17)18-10-16(21)7-8-19(18)22/h2-12,20,25H,13H2,1H3/t20-/m0/s1. The summed E-state index contributed by atoms with van der Waals surface area (Å²) in [6.07, 6.45) is 3.29. The van der Waals surface area contributed by atoms with Gasteiger partial charge in [0.25, 0.3) is 0 Å². The summed E-state index contributed by atoms with van der Waals surface area (Å²) in [5, 5.41) is 10.3. The Morgan fingerprint density at radius 2 is 1.88 bits per heavy atom. The smallest absolute Gasteiger partial charge is 0.131 e. The van der Waals surface area contributed by atoms with Crippen molar-refractivity contribution >= 4 is 17.3 Å². The highest BCUT2D eigenvalue weighted by molar-refractivity contribution is 6.30. The van der Waals surface area contributed by atoms with Crippen LogP contribution in [0.4, 0.5) is 10.1 Å². The predicted molar refractivity (Wildman–Crippen MR) is 99.3 cm³/mol. The number of hydrogen-bond donors (Lipinski definition) is 1. The summed E-state index contributed by atoms with van der Waals surface area (Å²) in [5.41, 5.74) is 2.80. The van der Waals surface area contributed by atoms with E-state index in [4.69, 9.17) is 11.6 Å². The van der Waals surface area contributed by atoms with E-state index in [0.717, 1.165) is 11.3 Å². The second kappa shape index (κ2) is 7.64. The fourth-order valence-electron chi connectivity index (χ4n) is 2.79. The zero-order valence-electron chi connectivity index (χ0n) is 13.7. The van der Waals surface area contributed by atoms with Crippen molar-refractivity contribution in [1.82, 2.24) is 4.98 Å². The molecule has 0 aliphatic heterocycles. The molecule has 0 spiro atoms. The van der Waals surface area contributed by atoms with Crippen LogP contribution in [0, 0.1) is 5.82 Å². The highest BCUT2D eigenvalue weighted by atomic mass is 35.5. The Balaban J connectivity index is 1.97. The minimum atomic E-state index is -0.354. The Bertz CT molecular complexity index is 857. The molecule has 0 saturated heterocycles. The molecule has 0 aliphatic carbocycles. The topological polar surface area (TPSA) is 36.4 Å². The molecular weight excluding hydrogens is 339 g/mol. The number of pyridine rings is 1. The van der Waals surface area contributed by atoms with Crippen molar-refractivity contribution in [2.75, 3.05) is 18.6 Å². The van der Waals surface area contributed by atoms with E-state index in [2.05, 4.69) is 4.98 Å². The maximum atomic E-state index is 14.1. The van der Waals surface area contributed by atoms with Gasteiger partial charge in [-0.05, 0) is 29.8 Å². The van der Waals surface area contributed by atoms with Crippen molar-refractivity contribution < 1.29 is 9.50 Å². The molecule has 3 nitrogen and oxygen atoms in total. The SMILES string of the molecule is CN(c1cncc(-c2cc(Cl)ccc2F)c1)[C@@H](CO)c1ccccc1. The summed E-state index contributed by atoms with van der Waals surface area (Å²) in [6, 6.07) is 15.8. The zero-order chi connectivity index (χ0) is 17.8. The van der Waals surface area contributed by atoms with Gasteiger partial charge in [-0.2, -0.15) is 0 Å². The van der Waals surface area contributed by atoms with Gasteiger partial charge in [0, 0.05) is 29.4 Å². The van der Waals surface area contributed by atoms with E-state index < -0.39 is 0 Å². The molecule has 0 amide bonds. The molecule has 1 N–H and O–H groups in total. The molecule has 2 aromatic carbocycles. The van der Waals surface area contributed by atoms with E-state index in [1.807, 2.05) is 48.3 Å². The maximum absolute atomic E-state index is 14.1. The first-order chi connectivity index (χ1) is 12.1. The van der Waals surface area contributed by atoms with Crippen LogP contribution in [0.2, 0.25) is 5.02 Å². The lowest BCUT2D eigenvalue weighted by Gasteiger charge is -2.29. The van der Waals surface area contributed by atoms with Crippen molar-refractivity contribution in [1.29, 1.82) is 0 Å². The van der Waals surface area contributed by atoms with Gasteiger partial charge in [0.15, 0.2) is 0 Å². The lowest BCUT2D eigenvalue weighted by atomic mass is 10.0. The number of anilines is 1. The molecule has 5 heteroatoms. The highest BCUT2D eigenvalue weighted by Crippen LogP contribution is 2.30. The summed E-state index contributed by atoms with van der Waals surface area (Å²) in [4.78, 5) is 6.16. The monoisotopic (exact) mass is 356 g/mol. The number of aromatic nitrogens is 1. The van der Waals surface area contributed by atoms with Crippen LogP contribution < -0.4 is 4.90 Å². The quantitative estimate of drug-likeness (QED) is 0.719. The normalized spacial score (nSPS) is 12.0. The second-order valence-electron chi connectivity index (χ2n) is 5.78.